The Bertz CT molecular complexity index is 574. The van der Waals surface area contributed by atoms with Gasteiger partial charge in [0.2, 0.25) is 5.88 Å². The lowest BCUT2D eigenvalue weighted by Gasteiger charge is -2.08. The second kappa shape index (κ2) is 6.00. The van der Waals surface area contributed by atoms with Crippen molar-refractivity contribution in [1.29, 1.82) is 0 Å². The van der Waals surface area contributed by atoms with Crippen molar-refractivity contribution in [3.63, 3.8) is 0 Å². The predicted octanol–water partition coefficient (Wildman–Crippen LogP) is 2.12. The van der Waals surface area contributed by atoms with E-state index in [1.807, 2.05) is 33.0 Å². The van der Waals surface area contributed by atoms with Crippen LogP contribution >= 0.6 is 0 Å². The standard InChI is InChI=1S/C14H21N5O/c1-9(2)15-8-12-6-7-13(17-16-12)20-14-10(3)18-19(5)11(14)4/h6-7,9,15H,8H2,1-5H3. The molecular formula is C14H21N5O. The molecule has 0 fully saturated rings. The summed E-state index contributed by atoms with van der Waals surface area (Å²) >= 11 is 0. The van der Waals surface area contributed by atoms with Gasteiger partial charge in [-0.3, -0.25) is 4.68 Å². The average Bonchev–Trinajstić information content (AvgIpc) is 2.64. The third-order valence-electron chi connectivity index (χ3n) is 3.04. The Kier molecular flexibility index (Phi) is 4.34. The van der Waals surface area contributed by atoms with Crippen molar-refractivity contribution in [1.82, 2.24) is 25.3 Å². The van der Waals surface area contributed by atoms with Crippen LogP contribution in [0.2, 0.25) is 0 Å². The molecule has 0 radical (unpaired) electrons. The Hall–Kier alpha value is -1.95. The molecule has 0 amide bonds. The quantitative estimate of drug-likeness (QED) is 0.905. The molecule has 0 spiro atoms. The minimum atomic E-state index is 0.424. The van der Waals surface area contributed by atoms with Gasteiger partial charge < -0.3 is 10.1 Å². The number of hydrogen-bond acceptors (Lipinski definition) is 5. The van der Waals surface area contributed by atoms with E-state index in [1.165, 1.54) is 0 Å². The number of rotatable bonds is 5. The second-order valence-corrected chi connectivity index (χ2v) is 5.12. The lowest BCUT2D eigenvalue weighted by Crippen LogP contribution is -2.22. The van der Waals surface area contributed by atoms with Gasteiger partial charge in [0.1, 0.15) is 5.69 Å². The van der Waals surface area contributed by atoms with Crippen molar-refractivity contribution in [2.45, 2.75) is 40.3 Å². The zero-order valence-corrected chi connectivity index (χ0v) is 12.6. The largest absolute Gasteiger partial charge is 0.434 e. The van der Waals surface area contributed by atoms with Gasteiger partial charge in [-0.05, 0) is 19.9 Å². The molecule has 0 aliphatic heterocycles. The van der Waals surface area contributed by atoms with E-state index in [9.17, 15) is 0 Å². The summed E-state index contributed by atoms with van der Waals surface area (Å²) in [4.78, 5) is 0. The summed E-state index contributed by atoms with van der Waals surface area (Å²) in [5.74, 6) is 1.23. The molecule has 0 saturated heterocycles. The van der Waals surface area contributed by atoms with Crippen molar-refractivity contribution in [2.75, 3.05) is 0 Å². The fraction of sp³-hybridized carbons (Fsp3) is 0.500. The maximum atomic E-state index is 5.76. The highest BCUT2D eigenvalue weighted by atomic mass is 16.5. The van der Waals surface area contributed by atoms with Gasteiger partial charge in [-0.15, -0.1) is 5.10 Å². The number of nitrogens with one attached hydrogen (secondary N) is 1. The zero-order chi connectivity index (χ0) is 14.7. The van der Waals surface area contributed by atoms with Gasteiger partial charge in [0.25, 0.3) is 0 Å². The average molecular weight is 275 g/mol. The van der Waals surface area contributed by atoms with Crippen molar-refractivity contribution in [3.8, 4) is 11.6 Å². The fourth-order valence-electron chi connectivity index (χ4n) is 1.81. The summed E-state index contributed by atoms with van der Waals surface area (Å²) in [5.41, 5.74) is 2.71. The van der Waals surface area contributed by atoms with Crippen LogP contribution in [0.3, 0.4) is 0 Å². The highest BCUT2D eigenvalue weighted by Crippen LogP contribution is 2.26. The molecular weight excluding hydrogens is 254 g/mol. The minimum Gasteiger partial charge on any atom is -0.434 e. The summed E-state index contributed by atoms with van der Waals surface area (Å²) in [5, 5.41) is 15.8. The Morgan fingerprint density at radius 1 is 1.25 bits per heavy atom. The number of aromatic nitrogens is 4. The first kappa shape index (κ1) is 14.5. The van der Waals surface area contributed by atoms with E-state index in [0.29, 0.717) is 18.5 Å². The van der Waals surface area contributed by atoms with Crippen molar-refractivity contribution in [3.05, 3.63) is 29.2 Å². The normalized spacial score (nSPS) is 11.1. The van der Waals surface area contributed by atoms with Gasteiger partial charge in [-0.2, -0.15) is 10.2 Å². The number of aryl methyl sites for hydroxylation is 2. The zero-order valence-electron chi connectivity index (χ0n) is 12.6. The monoisotopic (exact) mass is 275 g/mol. The van der Waals surface area contributed by atoms with E-state index in [1.54, 1.807) is 4.68 Å². The molecule has 2 rings (SSSR count). The van der Waals surface area contributed by atoms with Crippen molar-refractivity contribution in [2.24, 2.45) is 7.05 Å². The van der Waals surface area contributed by atoms with Crippen LogP contribution in [-0.2, 0) is 13.6 Å². The molecule has 0 saturated carbocycles. The molecule has 108 valence electrons. The third-order valence-corrected chi connectivity index (χ3v) is 3.04. The van der Waals surface area contributed by atoms with Crippen LogP contribution in [0, 0.1) is 13.8 Å². The summed E-state index contributed by atoms with van der Waals surface area (Å²) < 4.78 is 7.55. The molecule has 6 nitrogen and oxygen atoms in total. The molecule has 0 aliphatic rings. The van der Waals surface area contributed by atoms with Crippen LogP contribution < -0.4 is 10.1 Å². The molecule has 2 aromatic rings. The van der Waals surface area contributed by atoms with E-state index < -0.39 is 0 Å². The summed E-state index contributed by atoms with van der Waals surface area (Å²) in [7, 11) is 1.89. The van der Waals surface area contributed by atoms with E-state index in [-0.39, 0.29) is 0 Å². The van der Waals surface area contributed by atoms with Gasteiger partial charge in [0, 0.05) is 25.7 Å². The van der Waals surface area contributed by atoms with Crippen LogP contribution in [0.5, 0.6) is 11.6 Å². The number of ether oxygens (including phenoxy) is 1. The molecule has 2 heterocycles. The maximum absolute atomic E-state index is 5.76. The smallest absolute Gasteiger partial charge is 0.239 e. The second-order valence-electron chi connectivity index (χ2n) is 5.12. The molecule has 0 aromatic carbocycles. The SMILES string of the molecule is Cc1nn(C)c(C)c1Oc1ccc(CNC(C)C)nn1. The van der Waals surface area contributed by atoms with Gasteiger partial charge in [-0.25, -0.2) is 0 Å². The Balaban J connectivity index is 2.07. The summed E-state index contributed by atoms with van der Waals surface area (Å²) in [6.45, 7) is 8.77. The van der Waals surface area contributed by atoms with Crippen LogP contribution in [0.1, 0.15) is 30.9 Å². The molecule has 0 unspecified atom stereocenters. The first-order valence-electron chi connectivity index (χ1n) is 6.71. The molecule has 1 N–H and O–H groups in total. The number of nitrogens with zero attached hydrogens (tertiary/aromatic N) is 4. The lowest BCUT2D eigenvalue weighted by molar-refractivity contribution is 0.445. The highest BCUT2D eigenvalue weighted by molar-refractivity contribution is 5.35. The highest BCUT2D eigenvalue weighted by Gasteiger charge is 2.12. The maximum Gasteiger partial charge on any atom is 0.239 e. The van der Waals surface area contributed by atoms with E-state index in [4.69, 9.17) is 4.74 Å². The first-order chi connectivity index (χ1) is 9.47. The van der Waals surface area contributed by atoms with E-state index in [0.717, 1.165) is 22.8 Å². The van der Waals surface area contributed by atoms with E-state index >= 15 is 0 Å². The van der Waals surface area contributed by atoms with Gasteiger partial charge >= 0.3 is 0 Å². The minimum absolute atomic E-state index is 0.424. The van der Waals surface area contributed by atoms with Crippen LogP contribution in [0.15, 0.2) is 12.1 Å². The van der Waals surface area contributed by atoms with Gasteiger partial charge in [0.05, 0.1) is 11.4 Å². The summed E-state index contributed by atoms with van der Waals surface area (Å²) in [6, 6.07) is 4.17. The van der Waals surface area contributed by atoms with Gasteiger partial charge in [0.15, 0.2) is 5.75 Å². The topological polar surface area (TPSA) is 64.9 Å². The molecule has 2 aromatic heterocycles. The Morgan fingerprint density at radius 3 is 2.50 bits per heavy atom. The number of hydrogen-bond donors (Lipinski definition) is 1. The summed E-state index contributed by atoms with van der Waals surface area (Å²) in [6.07, 6.45) is 0. The molecule has 0 aliphatic carbocycles. The van der Waals surface area contributed by atoms with Crippen molar-refractivity contribution >= 4 is 0 Å². The molecule has 6 heteroatoms. The fourth-order valence-corrected chi connectivity index (χ4v) is 1.81. The van der Waals surface area contributed by atoms with Crippen LogP contribution in [-0.4, -0.2) is 26.0 Å². The predicted molar refractivity (Wildman–Crippen MR) is 76.8 cm³/mol. The van der Waals surface area contributed by atoms with Crippen LogP contribution in [0.4, 0.5) is 0 Å². The third kappa shape index (κ3) is 3.33. The Labute approximate surface area is 119 Å². The van der Waals surface area contributed by atoms with Crippen LogP contribution in [0.25, 0.3) is 0 Å². The van der Waals surface area contributed by atoms with Gasteiger partial charge in [-0.1, -0.05) is 13.8 Å². The first-order valence-corrected chi connectivity index (χ1v) is 6.71. The lowest BCUT2D eigenvalue weighted by atomic mass is 10.3. The van der Waals surface area contributed by atoms with E-state index in [2.05, 4.69) is 34.5 Å². The molecule has 0 bridgehead atoms. The molecule has 0 atom stereocenters. The Morgan fingerprint density at radius 2 is 2.00 bits per heavy atom. The molecule has 20 heavy (non-hydrogen) atoms. The van der Waals surface area contributed by atoms with Crippen molar-refractivity contribution < 1.29 is 4.74 Å².